The van der Waals surface area contributed by atoms with E-state index in [4.69, 9.17) is 5.26 Å². The quantitative estimate of drug-likeness (QED) is 0.507. The maximum Gasteiger partial charge on any atom is 0.417 e. The van der Waals surface area contributed by atoms with Crippen molar-refractivity contribution < 1.29 is 31.1 Å². The van der Waals surface area contributed by atoms with Gasteiger partial charge in [0.15, 0.2) is 0 Å². The van der Waals surface area contributed by atoms with Crippen molar-refractivity contribution in [3.8, 4) is 6.07 Å². The Morgan fingerprint density at radius 3 is 2.03 bits per heavy atom. The number of nitrogens with zero attached hydrogens (tertiary/aromatic N) is 2. The molecule has 0 aliphatic heterocycles. The second-order valence-electron chi connectivity index (χ2n) is 6.04. The molecule has 3 nitrogen and oxygen atoms in total. The fourth-order valence-electron chi connectivity index (χ4n) is 2.49. The van der Waals surface area contributed by atoms with Crippen LogP contribution in [0.5, 0.6) is 0 Å². The highest BCUT2D eigenvalue weighted by Crippen LogP contribution is 2.34. The van der Waals surface area contributed by atoms with E-state index in [1.807, 2.05) is 6.07 Å². The molecule has 0 heterocycles. The summed E-state index contributed by atoms with van der Waals surface area (Å²) in [6.07, 6.45) is -9.57. The zero-order valence-corrected chi connectivity index (χ0v) is 14.8. The second kappa shape index (κ2) is 8.82. The van der Waals surface area contributed by atoms with E-state index in [1.54, 1.807) is 0 Å². The normalized spacial score (nSPS) is 12.4. The zero-order valence-electron chi connectivity index (χ0n) is 14.8. The van der Waals surface area contributed by atoms with Gasteiger partial charge in [-0.1, -0.05) is 42.5 Å². The van der Waals surface area contributed by atoms with Crippen LogP contribution >= 0.6 is 0 Å². The molecule has 0 atom stereocenters. The smallest absolute Gasteiger partial charge is 0.326 e. The van der Waals surface area contributed by atoms with E-state index in [9.17, 15) is 31.1 Å². The van der Waals surface area contributed by atoms with E-state index in [0.29, 0.717) is 0 Å². The molecule has 2 aromatic carbocycles. The van der Waals surface area contributed by atoms with Gasteiger partial charge in [0.05, 0.1) is 17.2 Å². The molecule has 0 aromatic heterocycles. The van der Waals surface area contributed by atoms with Gasteiger partial charge < -0.3 is 4.90 Å². The summed E-state index contributed by atoms with van der Waals surface area (Å²) in [5.74, 6) is -1.43. The molecule has 0 N–H and O–H groups in total. The van der Waals surface area contributed by atoms with Crippen molar-refractivity contribution in [2.45, 2.75) is 18.9 Å². The minimum atomic E-state index is -4.94. The van der Waals surface area contributed by atoms with Gasteiger partial charge in [0.2, 0.25) is 5.91 Å². The van der Waals surface area contributed by atoms with Gasteiger partial charge in [0.25, 0.3) is 0 Å². The van der Waals surface area contributed by atoms with Crippen molar-refractivity contribution in [3.63, 3.8) is 0 Å². The van der Waals surface area contributed by atoms with Gasteiger partial charge in [-0.25, -0.2) is 0 Å². The van der Waals surface area contributed by atoms with E-state index in [2.05, 4.69) is 0 Å². The van der Waals surface area contributed by atoms with Crippen molar-refractivity contribution in [2.24, 2.45) is 0 Å². The summed E-state index contributed by atoms with van der Waals surface area (Å²) in [6.45, 7) is -2.29. The molecule has 0 spiro atoms. The van der Waals surface area contributed by atoms with Crippen molar-refractivity contribution in [1.82, 2.24) is 4.90 Å². The first kappa shape index (κ1) is 22.0. The first-order valence-corrected chi connectivity index (χ1v) is 8.18. The highest BCUT2D eigenvalue weighted by Gasteiger charge is 2.37. The van der Waals surface area contributed by atoms with Crippen molar-refractivity contribution >= 4 is 11.5 Å². The lowest BCUT2D eigenvalue weighted by Gasteiger charge is -2.24. The van der Waals surface area contributed by atoms with E-state index in [0.717, 1.165) is 12.1 Å². The molecular formula is C20H14F6N2O. The fraction of sp³-hybridized carbons (Fsp3) is 0.200. The Morgan fingerprint density at radius 1 is 0.966 bits per heavy atom. The summed E-state index contributed by atoms with van der Waals surface area (Å²) in [4.78, 5) is 12.6. The number of amides is 1. The van der Waals surface area contributed by atoms with Crippen LogP contribution in [-0.2, 0) is 11.3 Å². The standard InChI is InChI=1S/C20H14F6N2O/c21-19(22,23)13-28(12-15-8-6-14(11-27)7-9-15)18(29)10-17(20(24,25)26)16-4-2-1-3-5-16/h1-10H,12-13H2/b17-10-. The largest absolute Gasteiger partial charge is 0.417 e. The fourth-order valence-corrected chi connectivity index (χ4v) is 2.49. The molecule has 2 aromatic rings. The van der Waals surface area contributed by atoms with Crippen LogP contribution in [0.2, 0.25) is 0 Å². The summed E-state index contributed by atoms with van der Waals surface area (Å²) in [7, 11) is 0. The predicted molar refractivity (Wildman–Crippen MR) is 93.1 cm³/mol. The molecule has 0 unspecified atom stereocenters. The van der Waals surface area contributed by atoms with Crippen LogP contribution in [0.1, 0.15) is 16.7 Å². The topological polar surface area (TPSA) is 44.1 Å². The van der Waals surface area contributed by atoms with Crippen LogP contribution in [0.3, 0.4) is 0 Å². The van der Waals surface area contributed by atoms with E-state index in [-0.39, 0.29) is 27.7 Å². The first-order chi connectivity index (χ1) is 13.5. The third-order valence-electron chi connectivity index (χ3n) is 3.80. The van der Waals surface area contributed by atoms with Crippen LogP contribution in [0.15, 0.2) is 60.7 Å². The van der Waals surface area contributed by atoms with E-state index in [1.165, 1.54) is 42.5 Å². The molecular weight excluding hydrogens is 398 g/mol. The third kappa shape index (κ3) is 6.68. The molecule has 152 valence electrons. The van der Waals surface area contributed by atoms with Crippen molar-refractivity contribution in [1.29, 1.82) is 5.26 Å². The monoisotopic (exact) mass is 412 g/mol. The summed E-state index contributed by atoms with van der Waals surface area (Å²) < 4.78 is 78.9. The van der Waals surface area contributed by atoms with Crippen LogP contribution in [-0.4, -0.2) is 29.7 Å². The summed E-state index contributed by atoms with van der Waals surface area (Å²) in [5.41, 5.74) is -1.18. The molecule has 0 fully saturated rings. The number of carbonyl (C=O) groups excluding carboxylic acids is 1. The first-order valence-electron chi connectivity index (χ1n) is 8.18. The number of alkyl halides is 6. The van der Waals surface area contributed by atoms with E-state index < -0.39 is 36.9 Å². The van der Waals surface area contributed by atoms with Crippen LogP contribution < -0.4 is 0 Å². The minimum Gasteiger partial charge on any atom is -0.326 e. The highest BCUT2D eigenvalue weighted by atomic mass is 19.4. The van der Waals surface area contributed by atoms with Crippen molar-refractivity contribution in [2.75, 3.05) is 6.54 Å². The number of allylic oxidation sites excluding steroid dienone is 1. The number of rotatable bonds is 5. The highest BCUT2D eigenvalue weighted by molar-refractivity contribution is 5.96. The Balaban J connectivity index is 2.38. The van der Waals surface area contributed by atoms with Crippen LogP contribution in [0.4, 0.5) is 26.3 Å². The molecule has 2 rings (SSSR count). The predicted octanol–water partition coefficient (Wildman–Crippen LogP) is 5.10. The van der Waals surface area contributed by atoms with Gasteiger partial charge >= 0.3 is 12.4 Å². The molecule has 1 amide bonds. The lowest BCUT2D eigenvalue weighted by Crippen LogP contribution is -2.38. The minimum absolute atomic E-state index is 0.171. The number of nitriles is 1. The number of carbonyl (C=O) groups is 1. The number of hydrogen-bond acceptors (Lipinski definition) is 2. The Labute approximate surface area is 162 Å². The Morgan fingerprint density at radius 2 is 1.55 bits per heavy atom. The lowest BCUT2D eigenvalue weighted by molar-refractivity contribution is -0.159. The molecule has 0 saturated heterocycles. The van der Waals surface area contributed by atoms with Gasteiger partial charge in [0, 0.05) is 12.6 Å². The average Bonchev–Trinajstić information content (AvgIpc) is 2.64. The Kier molecular flexibility index (Phi) is 6.69. The summed E-state index contributed by atoms with van der Waals surface area (Å²) in [6, 6.07) is 13.5. The van der Waals surface area contributed by atoms with Gasteiger partial charge in [-0.15, -0.1) is 0 Å². The molecule has 0 aliphatic rings. The number of benzene rings is 2. The van der Waals surface area contributed by atoms with Crippen LogP contribution in [0, 0.1) is 11.3 Å². The van der Waals surface area contributed by atoms with Gasteiger partial charge in [-0.05, 0) is 23.3 Å². The molecule has 0 saturated carbocycles. The van der Waals surface area contributed by atoms with Gasteiger partial charge in [-0.2, -0.15) is 31.6 Å². The van der Waals surface area contributed by atoms with Gasteiger partial charge in [0.1, 0.15) is 6.54 Å². The zero-order chi connectivity index (χ0) is 21.7. The Hall–Kier alpha value is -3.28. The molecule has 0 aliphatic carbocycles. The third-order valence-corrected chi connectivity index (χ3v) is 3.80. The van der Waals surface area contributed by atoms with Gasteiger partial charge in [-0.3, -0.25) is 4.79 Å². The SMILES string of the molecule is N#Cc1ccc(CN(CC(F)(F)F)C(=O)/C=C(/c2ccccc2)C(F)(F)F)cc1. The maximum absolute atomic E-state index is 13.4. The average molecular weight is 412 g/mol. The molecule has 0 radical (unpaired) electrons. The Bertz CT molecular complexity index is 909. The maximum atomic E-state index is 13.4. The number of hydrogen-bond donors (Lipinski definition) is 0. The van der Waals surface area contributed by atoms with Crippen LogP contribution in [0.25, 0.3) is 5.57 Å². The second-order valence-corrected chi connectivity index (χ2v) is 6.04. The number of halogens is 6. The lowest BCUT2D eigenvalue weighted by atomic mass is 10.0. The van der Waals surface area contributed by atoms with E-state index >= 15 is 0 Å². The van der Waals surface area contributed by atoms with Crippen molar-refractivity contribution in [3.05, 3.63) is 77.4 Å². The molecule has 0 bridgehead atoms. The molecule has 9 heteroatoms. The summed E-state index contributed by atoms with van der Waals surface area (Å²) >= 11 is 0. The molecule has 29 heavy (non-hydrogen) atoms. The summed E-state index contributed by atoms with van der Waals surface area (Å²) in [5, 5.41) is 8.76.